The van der Waals surface area contributed by atoms with Gasteiger partial charge in [-0.2, -0.15) is 0 Å². The van der Waals surface area contributed by atoms with Gasteiger partial charge in [0, 0.05) is 6.54 Å². The Hall–Kier alpha value is -1.51. The van der Waals surface area contributed by atoms with Crippen LogP contribution >= 0.6 is 0 Å². The molecule has 3 aliphatic heterocycles. The van der Waals surface area contributed by atoms with Crippen LogP contribution < -0.4 is 5.32 Å². The summed E-state index contributed by atoms with van der Waals surface area (Å²) in [4.78, 5) is 12.8. The van der Waals surface area contributed by atoms with E-state index >= 15 is 0 Å². The molecule has 3 aliphatic rings. The molecule has 1 N–H and O–H groups in total. The molecule has 3 heterocycles. The van der Waals surface area contributed by atoms with Crippen LogP contribution in [0.1, 0.15) is 33.3 Å². The first-order valence-corrected chi connectivity index (χ1v) is 8.92. The van der Waals surface area contributed by atoms with Crippen molar-refractivity contribution < 1.29 is 28.5 Å². The maximum Gasteiger partial charge on any atom is 0.252 e. The van der Waals surface area contributed by atoms with Crippen LogP contribution in [-0.2, 0) is 35.0 Å². The highest BCUT2D eigenvalue weighted by atomic mass is 16.9. The van der Waals surface area contributed by atoms with Crippen LogP contribution in [-0.4, -0.2) is 48.2 Å². The van der Waals surface area contributed by atoms with Crippen LogP contribution in [0.15, 0.2) is 30.3 Å². The van der Waals surface area contributed by atoms with Gasteiger partial charge >= 0.3 is 0 Å². The first-order chi connectivity index (χ1) is 12.2. The smallest absolute Gasteiger partial charge is 0.252 e. The Morgan fingerprint density at radius 2 is 1.54 bits per heavy atom. The summed E-state index contributed by atoms with van der Waals surface area (Å²) in [6.45, 7) is 7.68. The van der Waals surface area contributed by atoms with E-state index in [1.54, 1.807) is 0 Å². The number of amides is 1. The Labute approximate surface area is 152 Å². The van der Waals surface area contributed by atoms with Crippen molar-refractivity contribution >= 4 is 5.91 Å². The fourth-order valence-electron chi connectivity index (χ4n) is 3.71. The number of ether oxygens (including phenoxy) is 5. The highest BCUT2D eigenvalue weighted by molar-refractivity contribution is 5.81. The van der Waals surface area contributed by atoms with E-state index in [9.17, 15) is 4.79 Å². The minimum Gasteiger partial charge on any atom is -0.350 e. The van der Waals surface area contributed by atoms with Crippen molar-refractivity contribution in [2.24, 2.45) is 0 Å². The summed E-state index contributed by atoms with van der Waals surface area (Å²) < 4.78 is 29.7. The van der Waals surface area contributed by atoms with Gasteiger partial charge in [-0.1, -0.05) is 30.3 Å². The maximum atomic E-state index is 12.8. The van der Waals surface area contributed by atoms with Crippen LogP contribution in [0.4, 0.5) is 0 Å². The Morgan fingerprint density at radius 1 is 0.923 bits per heavy atom. The lowest BCUT2D eigenvalue weighted by molar-refractivity contribution is -0.231. The molecule has 0 aliphatic carbocycles. The second kappa shape index (κ2) is 6.28. The molecule has 26 heavy (non-hydrogen) atoms. The topological polar surface area (TPSA) is 75.3 Å². The predicted octanol–water partition coefficient (Wildman–Crippen LogP) is 1.70. The summed E-state index contributed by atoms with van der Waals surface area (Å²) in [6, 6.07) is 9.71. The van der Waals surface area contributed by atoms with Crippen molar-refractivity contribution in [3.05, 3.63) is 35.9 Å². The average Bonchev–Trinajstić information content (AvgIpc) is 3.06. The molecule has 1 amide bonds. The average molecular weight is 363 g/mol. The fraction of sp³-hybridized carbons (Fsp3) is 0.632. The molecule has 7 heteroatoms. The number of rotatable bonds is 3. The summed E-state index contributed by atoms with van der Waals surface area (Å²) in [5, 5.41) is 2.91. The zero-order chi connectivity index (χ0) is 18.5. The zero-order valence-electron chi connectivity index (χ0n) is 15.4. The number of fused-ring (bicyclic) bond motifs is 3. The third-order valence-electron chi connectivity index (χ3n) is 4.72. The van der Waals surface area contributed by atoms with E-state index in [4.69, 9.17) is 23.7 Å². The van der Waals surface area contributed by atoms with Gasteiger partial charge in [-0.05, 0) is 33.3 Å². The lowest BCUT2D eigenvalue weighted by Crippen LogP contribution is -2.59. The summed E-state index contributed by atoms with van der Waals surface area (Å²) in [6.07, 6.45) is -2.92. The molecule has 0 radical (unpaired) electrons. The van der Waals surface area contributed by atoms with Gasteiger partial charge in [-0.15, -0.1) is 0 Å². The van der Waals surface area contributed by atoms with Gasteiger partial charge in [0.2, 0.25) is 0 Å². The van der Waals surface area contributed by atoms with Crippen molar-refractivity contribution in [1.82, 2.24) is 5.32 Å². The monoisotopic (exact) mass is 363 g/mol. The Balaban J connectivity index is 1.51. The Morgan fingerprint density at radius 3 is 2.27 bits per heavy atom. The quantitative estimate of drug-likeness (QED) is 0.881. The van der Waals surface area contributed by atoms with Gasteiger partial charge in [-0.25, -0.2) is 0 Å². The van der Waals surface area contributed by atoms with Crippen LogP contribution in [0.2, 0.25) is 0 Å². The fourth-order valence-corrected chi connectivity index (χ4v) is 3.71. The molecule has 0 saturated carbocycles. The largest absolute Gasteiger partial charge is 0.350 e. The molecule has 0 spiro atoms. The Bertz CT molecular complexity index is 676. The molecule has 4 rings (SSSR count). The lowest BCUT2D eigenvalue weighted by Gasteiger charge is -2.36. The number of carbonyl (C=O) groups excluding carboxylic acids is 1. The van der Waals surface area contributed by atoms with Gasteiger partial charge in [0.1, 0.15) is 18.3 Å². The summed E-state index contributed by atoms with van der Waals surface area (Å²) in [7, 11) is 0. The minimum absolute atomic E-state index is 0.253. The second-order valence-electron chi connectivity index (χ2n) is 7.79. The van der Waals surface area contributed by atoms with E-state index in [-0.39, 0.29) is 5.91 Å². The number of hydrogen-bond acceptors (Lipinski definition) is 6. The van der Waals surface area contributed by atoms with E-state index in [2.05, 4.69) is 5.32 Å². The van der Waals surface area contributed by atoms with Crippen molar-refractivity contribution in [1.29, 1.82) is 0 Å². The molecule has 3 fully saturated rings. The molecule has 3 saturated heterocycles. The molecule has 0 aromatic heterocycles. The van der Waals surface area contributed by atoms with Crippen LogP contribution in [0.25, 0.3) is 0 Å². The van der Waals surface area contributed by atoms with Crippen LogP contribution in [0.5, 0.6) is 0 Å². The lowest BCUT2D eigenvalue weighted by atomic mass is 9.98. The highest BCUT2D eigenvalue weighted by Gasteiger charge is 2.62. The first kappa shape index (κ1) is 17.9. The molecular formula is C19H25NO6. The van der Waals surface area contributed by atoms with E-state index in [0.29, 0.717) is 6.54 Å². The van der Waals surface area contributed by atoms with Gasteiger partial charge < -0.3 is 29.0 Å². The molecule has 1 aromatic rings. The van der Waals surface area contributed by atoms with Crippen molar-refractivity contribution in [2.75, 3.05) is 0 Å². The van der Waals surface area contributed by atoms with E-state index in [1.807, 2.05) is 58.0 Å². The predicted molar refractivity (Wildman–Crippen MR) is 90.8 cm³/mol. The van der Waals surface area contributed by atoms with Gasteiger partial charge in [0.15, 0.2) is 24.0 Å². The number of carbonyl (C=O) groups is 1. The molecule has 0 bridgehead atoms. The van der Waals surface area contributed by atoms with Crippen LogP contribution in [0, 0.1) is 0 Å². The highest BCUT2D eigenvalue weighted by Crippen LogP contribution is 2.44. The zero-order valence-corrected chi connectivity index (χ0v) is 15.4. The van der Waals surface area contributed by atoms with Crippen molar-refractivity contribution in [3.63, 3.8) is 0 Å². The van der Waals surface area contributed by atoms with E-state index < -0.39 is 42.3 Å². The summed E-state index contributed by atoms with van der Waals surface area (Å²) in [5.41, 5.74) is 1.01. The maximum absolute atomic E-state index is 12.8. The molecule has 1 unspecified atom stereocenters. The van der Waals surface area contributed by atoms with Gasteiger partial charge in [0.25, 0.3) is 5.91 Å². The van der Waals surface area contributed by atoms with E-state index in [0.717, 1.165) is 5.56 Å². The molecule has 142 valence electrons. The SMILES string of the molecule is CC1(C)O[C@H]2OC(C(=O)NCc3ccccc3)[C@@H]3OC(C)(C)O[C@@H]3[C@H]2O1. The Kier molecular flexibility index (Phi) is 4.32. The third kappa shape index (κ3) is 3.37. The van der Waals surface area contributed by atoms with E-state index in [1.165, 1.54) is 0 Å². The van der Waals surface area contributed by atoms with Crippen LogP contribution in [0.3, 0.4) is 0 Å². The molecule has 5 atom stereocenters. The second-order valence-corrected chi connectivity index (χ2v) is 7.79. The number of benzene rings is 1. The van der Waals surface area contributed by atoms with Crippen molar-refractivity contribution in [2.45, 2.75) is 76.5 Å². The van der Waals surface area contributed by atoms with Crippen molar-refractivity contribution in [3.8, 4) is 0 Å². The van der Waals surface area contributed by atoms with Gasteiger partial charge in [-0.3, -0.25) is 4.79 Å². The molecular weight excluding hydrogens is 338 g/mol. The minimum atomic E-state index is -0.829. The standard InChI is InChI=1S/C19H25NO6/c1-18(2)23-12-13(24-18)15-17(26-19(3,4)25-15)22-14(12)16(21)20-10-11-8-6-5-7-9-11/h5-9,12-15,17H,10H2,1-4H3,(H,20,21)/t12-,13+,14?,15-,17-/m1/s1. The summed E-state index contributed by atoms with van der Waals surface area (Å²) in [5.74, 6) is -1.87. The third-order valence-corrected chi connectivity index (χ3v) is 4.72. The molecule has 7 nitrogen and oxygen atoms in total. The number of nitrogens with one attached hydrogen (secondary N) is 1. The number of hydrogen-bond donors (Lipinski definition) is 1. The normalized spacial score (nSPS) is 37.0. The summed E-state index contributed by atoms with van der Waals surface area (Å²) >= 11 is 0. The first-order valence-electron chi connectivity index (χ1n) is 8.92. The van der Waals surface area contributed by atoms with Gasteiger partial charge in [0.05, 0.1) is 0 Å². The molecule has 1 aromatic carbocycles.